The third-order valence-electron chi connectivity index (χ3n) is 7.19. The molecule has 0 bridgehead atoms. The second kappa shape index (κ2) is 16.9. The molecule has 1 aliphatic heterocycles. The molecule has 1 aliphatic rings. The van der Waals surface area contributed by atoms with Gasteiger partial charge in [-0.05, 0) is 19.3 Å². The highest BCUT2D eigenvalue weighted by Crippen LogP contribution is 2.33. The van der Waals surface area contributed by atoms with E-state index in [2.05, 4.69) is 13.8 Å². The van der Waals surface area contributed by atoms with Crippen molar-refractivity contribution in [3.63, 3.8) is 0 Å². The zero-order valence-electron chi connectivity index (χ0n) is 21.5. The molecule has 0 aromatic heterocycles. The summed E-state index contributed by atoms with van der Waals surface area (Å²) in [6, 6.07) is 0. The second-order valence-electron chi connectivity index (χ2n) is 9.76. The normalized spacial score (nSPS) is 19.4. The Balaban J connectivity index is 2.38. The Bertz CT molecular complexity index is 579. The Morgan fingerprint density at radius 3 is 1.85 bits per heavy atom. The van der Waals surface area contributed by atoms with Crippen LogP contribution in [0.5, 0.6) is 0 Å². The number of ether oxygens (including phenoxy) is 2. The second-order valence-corrected chi connectivity index (χ2v) is 9.76. The average Bonchev–Trinajstić information content (AvgIpc) is 2.79. The van der Waals surface area contributed by atoms with Gasteiger partial charge in [0.1, 0.15) is 18.1 Å². The Labute approximate surface area is 201 Å². The first-order valence-electron chi connectivity index (χ1n) is 13.6. The van der Waals surface area contributed by atoms with Crippen molar-refractivity contribution in [2.45, 2.75) is 136 Å². The Hall–Kier alpha value is -1.59. The Morgan fingerprint density at radius 2 is 1.36 bits per heavy atom. The molecule has 2 N–H and O–H groups in total. The summed E-state index contributed by atoms with van der Waals surface area (Å²) in [6.07, 6.45) is 17.3. The first-order chi connectivity index (χ1) is 15.9. The molecule has 33 heavy (non-hydrogen) atoms. The summed E-state index contributed by atoms with van der Waals surface area (Å²) in [5.74, 6) is -1.61. The van der Waals surface area contributed by atoms with Crippen molar-refractivity contribution in [1.29, 1.82) is 0 Å². The molecule has 0 aromatic rings. The molecule has 0 radical (unpaired) electrons. The van der Waals surface area contributed by atoms with E-state index in [0.29, 0.717) is 12.8 Å². The molecule has 1 saturated heterocycles. The van der Waals surface area contributed by atoms with Gasteiger partial charge in [0, 0.05) is 0 Å². The maximum absolute atomic E-state index is 12.9. The van der Waals surface area contributed by atoms with Crippen LogP contribution in [0.2, 0.25) is 0 Å². The summed E-state index contributed by atoms with van der Waals surface area (Å²) in [6.45, 7) is 6.19. The van der Waals surface area contributed by atoms with E-state index in [1.54, 1.807) is 0 Å². The third kappa shape index (κ3) is 10.1. The standard InChI is InChI=1S/C27H49NO5/c1-4-7-9-11-12-13-14-15-16-18-20-27(6-3,25(28)30)26(31)32-21-23-22(24(29)33-23)19-17-10-8-5-2/h22-23H,4-21H2,1-3H3,(H2,28,30)/t22-,23+,27-/m0/s1. The van der Waals surface area contributed by atoms with Crippen LogP contribution in [0.4, 0.5) is 0 Å². The van der Waals surface area contributed by atoms with Crippen LogP contribution in [0.3, 0.4) is 0 Å². The molecule has 1 amide bonds. The van der Waals surface area contributed by atoms with Crippen molar-refractivity contribution >= 4 is 17.8 Å². The summed E-state index contributed by atoms with van der Waals surface area (Å²) in [4.78, 5) is 37.0. The molecule has 1 fully saturated rings. The van der Waals surface area contributed by atoms with Gasteiger partial charge in [-0.2, -0.15) is 0 Å². The average molecular weight is 468 g/mol. The minimum Gasteiger partial charge on any atom is -0.461 e. The van der Waals surface area contributed by atoms with Gasteiger partial charge in [0.05, 0.1) is 5.92 Å². The molecule has 3 atom stereocenters. The molecule has 0 saturated carbocycles. The zero-order valence-corrected chi connectivity index (χ0v) is 21.5. The number of carbonyl (C=O) groups excluding carboxylic acids is 3. The van der Waals surface area contributed by atoms with Crippen molar-refractivity contribution in [1.82, 2.24) is 0 Å². The number of rotatable bonds is 21. The monoisotopic (exact) mass is 467 g/mol. The molecule has 1 heterocycles. The number of amides is 1. The summed E-state index contributed by atoms with van der Waals surface area (Å²) in [5.41, 5.74) is 4.39. The number of primary amides is 1. The number of nitrogens with two attached hydrogens (primary N) is 1. The molecular weight excluding hydrogens is 418 g/mol. The van der Waals surface area contributed by atoms with Crippen molar-refractivity contribution in [2.24, 2.45) is 17.1 Å². The Morgan fingerprint density at radius 1 is 0.848 bits per heavy atom. The van der Waals surface area contributed by atoms with Crippen LogP contribution >= 0.6 is 0 Å². The molecule has 0 unspecified atom stereocenters. The topological polar surface area (TPSA) is 95.7 Å². The summed E-state index contributed by atoms with van der Waals surface area (Å²) < 4.78 is 10.7. The van der Waals surface area contributed by atoms with Crippen molar-refractivity contribution < 1.29 is 23.9 Å². The number of carbonyl (C=O) groups is 3. The summed E-state index contributed by atoms with van der Waals surface area (Å²) in [7, 11) is 0. The summed E-state index contributed by atoms with van der Waals surface area (Å²) in [5, 5.41) is 0. The van der Waals surface area contributed by atoms with Crippen LogP contribution < -0.4 is 5.73 Å². The predicted molar refractivity (Wildman–Crippen MR) is 131 cm³/mol. The van der Waals surface area contributed by atoms with Gasteiger partial charge in [-0.25, -0.2) is 0 Å². The van der Waals surface area contributed by atoms with Crippen LogP contribution in [0.25, 0.3) is 0 Å². The van der Waals surface area contributed by atoms with E-state index in [1.165, 1.54) is 44.9 Å². The number of hydrogen-bond acceptors (Lipinski definition) is 5. The van der Waals surface area contributed by atoms with E-state index in [0.717, 1.165) is 51.4 Å². The van der Waals surface area contributed by atoms with Gasteiger partial charge in [-0.3, -0.25) is 14.4 Å². The fraction of sp³-hybridized carbons (Fsp3) is 0.889. The molecular formula is C27H49NO5. The molecule has 0 spiro atoms. The van der Waals surface area contributed by atoms with Gasteiger partial charge < -0.3 is 15.2 Å². The van der Waals surface area contributed by atoms with E-state index in [1.807, 2.05) is 6.92 Å². The van der Waals surface area contributed by atoms with Crippen LogP contribution in [0.1, 0.15) is 130 Å². The number of esters is 2. The first-order valence-corrected chi connectivity index (χ1v) is 13.6. The van der Waals surface area contributed by atoms with Crippen molar-refractivity contribution in [3.8, 4) is 0 Å². The predicted octanol–water partition coefficient (Wildman–Crippen LogP) is 6.23. The third-order valence-corrected chi connectivity index (χ3v) is 7.19. The molecule has 6 heteroatoms. The maximum atomic E-state index is 12.9. The van der Waals surface area contributed by atoms with Gasteiger partial charge in [0.2, 0.25) is 5.91 Å². The lowest BCUT2D eigenvalue weighted by atomic mass is 9.79. The van der Waals surface area contributed by atoms with Crippen LogP contribution in [0.15, 0.2) is 0 Å². The minimum atomic E-state index is -1.29. The molecule has 0 aromatic carbocycles. The maximum Gasteiger partial charge on any atom is 0.321 e. The summed E-state index contributed by atoms with van der Waals surface area (Å²) >= 11 is 0. The smallest absolute Gasteiger partial charge is 0.321 e. The van der Waals surface area contributed by atoms with Gasteiger partial charge in [-0.15, -0.1) is 0 Å². The van der Waals surface area contributed by atoms with Crippen LogP contribution in [-0.2, 0) is 23.9 Å². The van der Waals surface area contributed by atoms with Crippen molar-refractivity contribution in [2.75, 3.05) is 6.61 Å². The van der Waals surface area contributed by atoms with Gasteiger partial charge >= 0.3 is 11.9 Å². The number of cyclic esters (lactones) is 1. The quantitative estimate of drug-likeness (QED) is 0.123. The van der Waals surface area contributed by atoms with Gasteiger partial charge in [0.25, 0.3) is 0 Å². The lowest BCUT2D eigenvalue weighted by molar-refractivity contribution is -0.197. The fourth-order valence-corrected chi connectivity index (χ4v) is 4.67. The largest absolute Gasteiger partial charge is 0.461 e. The minimum absolute atomic E-state index is 0.01000. The lowest BCUT2D eigenvalue weighted by Gasteiger charge is -2.35. The lowest BCUT2D eigenvalue weighted by Crippen LogP contribution is -2.50. The van der Waals surface area contributed by atoms with Crippen LogP contribution in [-0.4, -0.2) is 30.6 Å². The molecule has 6 nitrogen and oxygen atoms in total. The molecule has 192 valence electrons. The highest BCUT2D eigenvalue weighted by molar-refractivity contribution is 6.01. The Kier molecular flexibility index (Phi) is 15.1. The van der Waals surface area contributed by atoms with E-state index in [9.17, 15) is 14.4 Å². The SMILES string of the molecule is CCCCCCCCCCCC[C@@](CC)(C(N)=O)C(=O)OC[C@H]1OC(=O)[C@H]1CCCCCC. The molecule has 1 rings (SSSR count). The van der Waals surface area contributed by atoms with Crippen molar-refractivity contribution in [3.05, 3.63) is 0 Å². The number of hydrogen-bond donors (Lipinski definition) is 1. The number of unbranched alkanes of at least 4 members (excludes halogenated alkanes) is 12. The highest BCUT2D eigenvalue weighted by atomic mass is 16.6. The van der Waals surface area contributed by atoms with E-state index < -0.39 is 23.4 Å². The fourth-order valence-electron chi connectivity index (χ4n) is 4.67. The van der Waals surface area contributed by atoms with E-state index in [4.69, 9.17) is 15.2 Å². The van der Waals surface area contributed by atoms with E-state index >= 15 is 0 Å². The zero-order chi connectivity index (χ0) is 24.5. The van der Waals surface area contributed by atoms with Gasteiger partial charge in [-0.1, -0.05) is 111 Å². The van der Waals surface area contributed by atoms with E-state index in [-0.39, 0.29) is 18.5 Å². The molecule has 0 aliphatic carbocycles. The van der Waals surface area contributed by atoms with Crippen LogP contribution in [0, 0.1) is 11.3 Å². The highest BCUT2D eigenvalue weighted by Gasteiger charge is 2.46. The van der Waals surface area contributed by atoms with Gasteiger partial charge in [0.15, 0.2) is 0 Å². The first kappa shape index (κ1) is 29.4.